The molecule has 1 aromatic carbocycles. The molecule has 1 atom stereocenters. The molecule has 0 aliphatic rings. The molecule has 0 saturated heterocycles. The molecule has 0 heterocycles. The minimum Gasteiger partial charge on any atom is -0.479 e. The van der Waals surface area contributed by atoms with Gasteiger partial charge in [0, 0.05) is 0 Å². The van der Waals surface area contributed by atoms with Crippen molar-refractivity contribution >= 4 is 30.2 Å². The Balaban J connectivity index is 3.06. The molecule has 0 amide bonds. The van der Waals surface area contributed by atoms with E-state index in [4.69, 9.17) is 16.7 Å². The van der Waals surface area contributed by atoms with Crippen LogP contribution in [0.4, 0.5) is 0 Å². The van der Waals surface area contributed by atoms with Crippen molar-refractivity contribution in [3.8, 4) is 0 Å². The number of alkyl halides is 1. The van der Waals surface area contributed by atoms with Gasteiger partial charge in [-0.15, -0.1) is 12.6 Å². The van der Waals surface area contributed by atoms with E-state index < -0.39 is 10.2 Å². The maximum atomic E-state index is 10.6. The number of thiol groups is 1. The first-order valence-corrected chi connectivity index (χ1v) is 4.08. The molecule has 2 nitrogen and oxygen atoms in total. The Kier molecular flexibility index (Phi) is 2.65. The normalized spacial score (nSPS) is 15.2. The van der Waals surface area contributed by atoms with E-state index in [9.17, 15) is 4.79 Å². The summed E-state index contributed by atoms with van der Waals surface area (Å²) in [5, 5.41) is 8.69. The van der Waals surface area contributed by atoms with Crippen molar-refractivity contribution in [2.24, 2.45) is 0 Å². The molecular formula is C8H7ClO2S. The van der Waals surface area contributed by atoms with Gasteiger partial charge in [-0.2, -0.15) is 0 Å². The fraction of sp³-hybridized carbons (Fsp3) is 0.125. The summed E-state index contributed by atoms with van der Waals surface area (Å²) < 4.78 is -1.62. The van der Waals surface area contributed by atoms with E-state index in [2.05, 4.69) is 12.6 Å². The number of hydrogen-bond acceptors (Lipinski definition) is 2. The lowest BCUT2D eigenvalue weighted by atomic mass is 10.1. The van der Waals surface area contributed by atoms with Crippen LogP contribution in [0.25, 0.3) is 0 Å². The van der Waals surface area contributed by atoms with Gasteiger partial charge in [0.05, 0.1) is 0 Å². The maximum Gasteiger partial charge on any atom is 0.339 e. The number of carboxylic acids is 1. The van der Waals surface area contributed by atoms with Crippen LogP contribution in [0.15, 0.2) is 30.3 Å². The molecule has 4 heteroatoms. The van der Waals surface area contributed by atoms with Gasteiger partial charge < -0.3 is 5.11 Å². The third kappa shape index (κ3) is 1.73. The predicted molar refractivity (Wildman–Crippen MR) is 50.6 cm³/mol. The molecule has 1 rings (SSSR count). The van der Waals surface area contributed by atoms with E-state index in [1.54, 1.807) is 30.3 Å². The Morgan fingerprint density at radius 2 is 1.92 bits per heavy atom. The Bertz CT molecular complexity index is 284. The molecule has 0 spiro atoms. The number of benzene rings is 1. The molecule has 0 radical (unpaired) electrons. The number of carbonyl (C=O) groups is 1. The molecule has 1 unspecified atom stereocenters. The SMILES string of the molecule is O=C(O)C(S)(Cl)c1ccccc1. The van der Waals surface area contributed by atoms with Crippen molar-refractivity contribution < 1.29 is 9.90 Å². The van der Waals surface area contributed by atoms with Crippen LogP contribution in [0.1, 0.15) is 5.56 Å². The third-order valence-electron chi connectivity index (χ3n) is 1.44. The highest BCUT2D eigenvalue weighted by atomic mass is 35.5. The highest BCUT2D eigenvalue weighted by molar-refractivity contribution is 7.83. The molecule has 0 fully saturated rings. The monoisotopic (exact) mass is 202 g/mol. The summed E-state index contributed by atoms with van der Waals surface area (Å²) in [7, 11) is 0. The standard InChI is InChI=1S/C8H7ClO2S/c9-8(12,7(10)11)6-4-2-1-3-5-6/h1-5,12H,(H,10,11). The van der Waals surface area contributed by atoms with Gasteiger partial charge in [0.1, 0.15) is 0 Å². The quantitative estimate of drug-likeness (QED) is 0.569. The number of rotatable bonds is 2. The van der Waals surface area contributed by atoms with Crippen molar-refractivity contribution in [1.29, 1.82) is 0 Å². The summed E-state index contributed by atoms with van der Waals surface area (Å²) in [6.45, 7) is 0. The van der Waals surface area contributed by atoms with Gasteiger partial charge in [-0.1, -0.05) is 41.9 Å². The van der Waals surface area contributed by atoms with Crippen molar-refractivity contribution in [2.75, 3.05) is 0 Å². The van der Waals surface area contributed by atoms with Crippen LogP contribution >= 0.6 is 24.2 Å². The number of halogens is 1. The minimum absolute atomic E-state index is 0.461. The Labute approximate surface area is 80.6 Å². The second kappa shape index (κ2) is 3.37. The molecule has 0 aliphatic heterocycles. The van der Waals surface area contributed by atoms with Crippen LogP contribution in [0.2, 0.25) is 0 Å². The molecule has 1 N–H and O–H groups in total. The zero-order chi connectivity index (χ0) is 9.19. The van der Waals surface area contributed by atoms with Crippen molar-refractivity contribution in [3.63, 3.8) is 0 Å². The molecule has 12 heavy (non-hydrogen) atoms. The highest BCUT2D eigenvalue weighted by Crippen LogP contribution is 2.32. The summed E-state index contributed by atoms with van der Waals surface area (Å²) in [5.74, 6) is -1.17. The third-order valence-corrected chi connectivity index (χ3v) is 2.27. The number of carboxylic acid groups (broad SMARTS) is 1. The van der Waals surface area contributed by atoms with Crippen LogP contribution in [0, 0.1) is 0 Å². The van der Waals surface area contributed by atoms with Gasteiger partial charge in [-0.3, -0.25) is 0 Å². The lowest BCUT2D eigenvalue weighted by molar-refractivity contribution is -0.137. The summed E-state index contributed by atoms with van der Waals surface area (Å²) in [6.07, 6.45) is 0. The molecule has 0 aliphatic carbocycles. The van der Waals surface area contributed by atoms with E-state index in [0.29, 0.717) is 5.56 Å². The average Bonchev–Trinajstić information content (AvgIpc) is 2.06. The molecule has 0 saturated carbocycles. The van der Waals surface area contributed by atoms with Gasteiger partial charge in [0.2, 0.25) is 4.21 Å². The maximum absolute atomic E-state index is 10.6. The van der Waals surface area contributed by atoms with Gasteiger partial charge in [-0.25, -0.2) is 4.79 Å². The van der Waals surface area contributed by atoms with E-state index in [0.717, 1.165) is 0 Å². The van der Waals surface area contributed by atoms with Crippen LogP contribution < -0.4 is 0 Å². The smallest absolute Gasteiger partial charge is 0.339 e. The summed E-state index contributed by atoms with van der Waals surface area (Å²) >= 11 is 9.50. The van der Waals surface area contributed by atoms with Gasteiger partial charge >= 0.3 is 5.97 Å². The van der Waals surface area contributed by atoms with Crippen LogP contribution in [0.3, 0.4) is 0 Å². The Morgan fingerprint density at radius 3 is 2.33 bits per heavy atom. The summed E-state index contributed by atoms with van der Waals surface area (Å²) in [5.41, 5.74) is 0.461. The summed E-state index contributed by atoms with van der Waals surface area (Å²) in [6, 6.07) is 8.45. The van der Waals surface area contributed by atoms with Crippen molar-refractivity contribution in [2.45, 2.75) is 4.21 Å². The van der Waals surface area contributed by atoms with E-state index >= 15 is 0 Å². The fourth-order valence-corrected chi connectivity index (χ4v) is 1.06. The van der Waals surface area contributed by atoms with Gasteiger partial charge in [-0.05, 0) is 5.56 Å². The fourth-order valence-electron chi connectivity index (χ4n) is 0.782. The second-order valence-corrected chi connectivity index (χ2v) is 3.79. The molecule has 0 bridgehead atoms. The summed E-state index contributed by atoms with van der Waals surface area (Å²) in [4.78, 5) is 10.6. The van der Waals surface area contributed by atoms with E-state index in [1.807, 2.05) is 0 Å². The number of aliphatic carboxylic acids is 1. The first-order valence-electron chi connectivity index (χ1n) is 3.25. The van der Waals surface area contributed by atoms with E-state index in [1.165, 1.54) is 0 Å². The zero-order valence-corrected chi connectivity index (χ0v) is 7.72. The highest BCUT2D eigenvalue weighted by Gasteiger charge is 2.33. The lowest BCUT2D eigenvalue weighted by Gasteiger charge is -2.15. The topological polar surface area (TPSA) is 37.3 Å². The number of hydrogen-bond donors (Lipinski definition) is 2. The molecule has 0 aromatic heterocycles. The van der Waals surface area contributed by atoms with Crippen LogP contribution in [-0.2, 0) is 9.00 Å². The van der Waals surface area contributed by atoms with Crippen molar-refractivity contribution in [3.05, 3.63) is 35.9 Å². The van der Waals surface area contributed by atoms with Crippen LogP contribution in [0.5, 0.6) is 0 Å². The average molecular weight is 203 g/mol. The second-order valence-electron chi connectivity index (χ2n) is 2.29. The minimum atomic E-state index is -1.62. The Morgan fingerprint density at radius 1 is 1.42 bits per heavy atom. The van der Waals surface area contributed by atoms with Gasteiger partial charge in [0.15, 0.2) is 0 Å². The van der Waals surface area contributed by atoms with Gasteiger partial charge in [0.25, 0.3) is 0 Å². The molecule has 64 valence electrons. The first kappa shape index (κ1) is 9.42. The zero-order valence-electron chi connectivity index (χ0n) is 6.07. The molecular weight excluding hydrogens is 196 g/mol. The first-order chi connectivity index (χ1) is 5.55. The largest absolute Gasteiger partial charge is 0.479 e. The molecule has 1 aromatic rings. The predicted octanol–water partition coefficient (Wildman–Crippen LogP) is 2.09. The Hall–Kier alpha value is -0.670. The van der Waals surface area contributed by atoms with E-state index in [-0.39, 0.29) is 0 Å². The lowest BCUT2D eigenvalue weighted by Crippen LogP contribution is -2.22. The van der Waals surface area contributed by atoms with Crippen molar-refractivity contribution in [1.82, 2.24) is 0 Å². The van der Waals surface area contributed by atoms with Crippen LogP contribution in [-0.4, -0.2) is 11.1 Å².